The van der Waals surface area contributed by atoms with Gasteiger partial charge in [-0.25, -0.2) is 0 Å². The number of rotatable bonds is 2. The molecule has 1 saturated heterocycles. The van der Waals surface area contributed by atoms with Gasteiger partial charge >= 0.3 is 5.97 Å². The van der Waals surface area contributed by atoms with Gasteiger partial charge in [0, 0.05) is 39.3 Å². The van der Waals surface area contributed by atoms with Crippen molar-refractivity contribution >= 4 is 12.2 Å². The summed E-state index contributed by atoms with van der Waals surface area (Å²) in [4.78, 5) is 16.6. The highest BCUT2D eigenvalue weighted by molar-refractivity contribution is 5.65. The molecule has 0 unspecified atom stereocenters. The summed E-state index contributed by atoms with van der Waals surface area (Å²) in [5.74, 6) is 1.05. The van der Waals surface area contributed by atoms with Crippen LogP contribution in [0.25, 0.3) is 0 Å². The summed E-state index contributed by atoms with van der Waals surface area (Å²) in [5.41, 5.74) is 0. The number of nitrogens with one attached hydrogen (secondary N) is 2. The first-order valence-corrected chi connectivity index (χ1v) is 9.25. The molecule has 0 aliphatic carbocycles. The van der Waals surface area contributed by atoms with Gasteiger partial charge in [0.05, 0.1) is 12.4 Å². The molecule has 1 fully saturated rings. The minimum absolute atomic E-state index is 0.211. The third-order valence-electron chi connectivity index (χ3n) is 3.41. The van der Waals surface area contributed by atoms with E-state index >= 15 is 0 Å². The van der Waals surface area contributed by atoms with E-state index in [9.17, 15) is 4.79 Å². The molecule has 0 radical (unpaired) electrons. The minimum atomic E-state index is -0.211. The zero-order valence-electron chi connectivity index (χ0n) is 15.9. The standard InChI is InChI=1S/C12H22N4.C4H8O2.C2H6/c1-2-9-16(10-3-1)12-5-8-13-6-4-7-14-11-15-12;1-3-6-4(2)5;1-2/h5,7,13,15H,1-4,6,8-11H2;3H2,1-2H3;1-2H3/b12-5-,14-7+;;. The van der Waals surface area contributed by atoms with Crippen LogP contribution < -0.4 is 10.6 Å². The summed E-state index contributed by atoms with van der Waals surface area (Å²) in [5, 5.41) is 6.80. The fraction of sp³-hybridized carbons (Fsp3) is 0.778. The van der Waals surface area contributed by atoms with Crippen LogP contribution in [0.1, 0.15) is 53.4 Å². The molecule has 2 heterocycles. The van der Waals surface area contributed by atoms with Crippen LogP contribution in [-0.2, 0) is 9.53 Å². The first-order chi connectivity index (χ1) is 11.7. The van der Waals surface area contributed by atoms with E-state index in [4.69, 9.17) is 0 Å². The maximum Gasteiger partial charge on any atom is 0.302 e. The van der Waals surface area contributed by atoms with E-state index in [2.05, 4.69) is 31.3 Å². The number of hydrogen-bond acceptors (Lipinski definition) is 6. The van der Waals surface area contributed by atoms with Gasteiger partial charge in [-0.1, -0.05) is 13.8 Å². The molecular formula is C18H36N4O2. The summed E-state index contributed by atoms with van der Waals surface area (Å²) in [6.07, 6.45) is 9.28. The Morgan fingerprint density at radius 1 is 1.29 bits per heavy atom. The maximum absolute atomic E-state index is 9.82. The van der Waals surface area contributed by atoms with Gasteiger partial charge in [-0.15, -0.1) is 0 Å². The Labute approximate surface area is 147 Å². The monoisotopic (exact) mass is 340 g/mol. The van der Waals surface area contributed by atoms with Gasteiger partial charge in [0.1, 0.15) is 6.67 Å². The summed E-state index contributed by atoms with van der Waals surface area (Å²) in [6, 6.07) is 0. The average molecular weight is 341 g/mol. The highest BCUT2D eigenvalue weighted by Gasteiger charge is 2.12. The number of aliphatic imine (C=N–C) groups is 1. The van der Waals surface area contributed by atoms with Crippen LogP contribution in [0.4, 0.5) is 0 Å². The molecule has 0 aromatic heterocycles. The number of esters is 1. The lowest BCUT2D eigenvalue weighted by Gasteiger charge is -2.31. The van der Waals surface area contributed by atoms with Crippen LogP contribution in [0.3, 0.4) is 0 Å². The van der Waals surface area contributed by atoms with Gasteiger partial charge in [-0.3, -0.25) is 9.79 Å². The Morgan fingerprint density at radius 2 is 2.00 bits per heavy atom. The van der Waals surface area contributed by atoms with Gasteiger partial charge in [0.25, 0.3) is 0 Å². The predicted molar refractivity (Wildman–Crippen MR) is 101 cm³/mol. The topological polar surface area (TPSA) is 66.0 Å². The largest absolute Gasteiger partial charge is 0.466 e. The van der Waals surface area contributed by atoms with Crippen molar-refractivity contribution in [2.75, 3.05) is 39.5 Å². The van der Waals surface area contributed by atoms with E-state index in [1.807, 2.05) is 20.1 Å². The number of ether oxygens (including phenoxy) is 1. The molecule has 24 heavy (non-hydrogen) atoms. The molecule has 6 heteroatoms. The second kappa shape index (κ2) is 16.3. The Hall–Kier alpha value is -1.56. The van der Waals surface area contributed by atoms with Crippen molar-refractivity contribution in [2.24, 2.45) is 4.99 Å². The van der Waals surface area contributed by atoms with E-state index in [0.29, 0.717) is 13.3 Å². The van der Waals surface area contributed by atoms with Crippen molar-refractivity contribution in [3.8, 4) is 0 Å². The Kier molecular flexibility index (Phi) is 15.2. The number of nitrogens with zero attached hydrogens (tertiary/aromatic N) is 2. The van der Waals surface area contributed by atoms with Crippen LogP contribution in [0.5, 0.6) is 0 Å². The molecular weight excluding hydrogens is 304 g/mol. The number of carbonyl (C=O) groups is 1. The third-order valence-corrected chi connectivity index (χ3v) is 3.41. The number of likely N-dealkylation sites (tertiary alicyclic amines) is 1. The first-order valence-electron chi connectivity index (χ1n) is 9.25. The van der Waals surface area contributed by atoms with Crippen LogP contribution in [0, 0.1) is 0 Å². The van der Waals surface area contributed by atoms with E-state index in [1.165, 1.54) is 45.1 Å². The molecule has 0 bridgehead atoms. The fourth-order valence-electron chi connectivity index (χ4n) is 2.37. The molecule has 2 N–H and O–H groups in total. The Balaban J connectivity index is 0.000000563. The molecule has 0 spiro atoms. The van der Waals surface area contributed by atoms with Crippen molar-refractivity contribution in [1.29, 1.82) is 0 Å². The van der Waals surface area contributed by atoms with Crippen molar-refractivity contribution in [1.82, 2.24) is 15.5 Å². The minimum Gasteiger partial charge on any atom is -0.466 e. The Morgan fingerprint density at radius 3 is 2.58 bits per heavy atom. The van der Waals surface area contributed by atoms with Gasteiger partial charge in [0.2, 0.25) is 0 Å². The van der Waals surface area contributed by atoms with Gasteiger partial charge in [-0.2, -0.15) is 0 Å². The third kappa shape index (κ3) is 11.9. The van der Waals surface area contributed by atoms with Crippen molar-refractivity contribution < 1.29 is 9.53 Å². The summed E-state index contributed by atoms with van der Waals surface area (Å²) >= 11 is 0. The second-order valence-electron chi connectivity index (χ2n) is 5.25. The molecule has 2 aliphatic heterocycles. The molecule has 140 valence electrons. The van der Waals surface area contributed by atoms with Gasteiger partial charge in [0.15, 0.2) is 0 Å². The number of carbonyl (C=O) groups excluding carboxylic acids is 1. The SMILES string of the molecule is C1=C(\N2CCCCC2)NC/N=C/CCNC/1.CC.CCOC(C)=O. The highest BCUT2D eigenvalue weighted by Crippen LogP contribution is 2.12. The average Bonchev–Trinajstić information content (AvgIpc) is 2.62. The zero-order valence-corrected chi connectivity index (χ0v) is 15.9. The molecule has 0 atom stereocenters. The molecule has 0 saturated carbocycles. The lowest BCUT2D eigenvalue weighted by Crippen LogP contribution is -2.37. The fourth-order valence-corrected chi connectivity index (χ4v) is 2.37. The second-order valence-corrected chi connectivity index (χ2v) is 5.25. The van der Waals surface area contributed by atoms with Crippen molar-refractivity contribution in [3.05, 3.63) is 11.9 Å². The number of hydrogen-bond donors (Lipinski definition) is 2. The molecule has 6 nitrogen and oxygen atoms in total. The molecule has 0 aromatic rings. The van der Waals surface area contributed by atoms with E-state index in [1.54, 1.807) is 6.92 Å². The van der Waals surface area contributed by atoms with Gasteiger partial charge < -0.3 is 20.3 Å². The van der Waals surface area contributed by atoms with Crippen LogP contribution in [0.15, 0.2) is 16.9 Å². The quantitative estimate of drug-likeness (QED) is 0.756. The number of piperidine rings is 1. The van der Waals surface area contributed by atoms with E-state index in [-0.39, 0.29) is 5.97 Å². The molecule has 2 aliphatic rings. The summed E-state index contributed by atoms with van der Waals surface area (Å²) < 4.78 is 4.40. The van der Waals surface area contributed by atoms with Crippen molar-refractivity contribution in [2.45, 2.75) is 53.4 Å². The van der Waals surface area contributed by atoms with E-state index < -0.39 is 0 Å². The molecule has 0 aromatic carbocycles. The normalized spacial score (nSPS) is 21.3. The van der Waals surface area contributed by atoms with Crippen LogP contribution in [-0.4, -0.2) is 56.5 Å². The maximum atomic E-state index is 9.82. The highest BCUT2D eigenvalue weighted by atomic mass is 16.5. The molecule has 2 rings (SSSR count). The van der Waals surface area contributed by atoms with Crippen molar-refractivity contribution in [3.63, 3.8) is 0 Å². The lowest BCUT2D eigenvalue weighted by atomic mass is 10.1. The lowest BCUT2D eigenvalue weighted by molar-refractivity contribution is -0.140. The Bertz CT molecular complexity index is 364. The van der Waals surface area contributed by atoms with Gasteiger partial charge in [-0.05, 0) is 38.7 Å². The van der Waals surface area contributed by atoms with Crippen LogP contribution in [0.2, 0.25) is 0 Å². The summed E-state index contributed by atoms with van der Waals surface area (Å²) in [7, 11) is 0. The zero-order chi connectivity index (χ0) is 18.0. The molecule has 0 amide bonds. The van der Waals surface area contributed by atoms with Crippen LogP contribution >= 0.6 is 0 Å². The smallest absolute Gasteiger partial charge is 0.302 e. The predicted octanol–water partition coefficient (Wildman–Crippen LogP) is 2.52. The first kappa shape index (κ1) is 22.4. The van der Waals surface area contributed by atoms with E-state index in [0.717, 1.165) is 19.5 Å². The summed E-state index contributed by atoms with van der Waals surface area (Å²) in [6.45, 7) is 12.7.